The molecule has 0 amide bonds. The third-order valence-electron chi connectivity index (χ3n) is 2.92. The van der Waals surface area contributed by atoms with Crippen molar-refractivity contribution in [1.82, 2.24) is 9.36 Å². The van der Waals surface area contributed by atoms with Crippen LogP contribution in [-0.2, 0) is 12.0 Å². The predicted octanol–water partition coefficient (Wildman–Crippen LogP) is 4.27. The fourth-order valence-corrected chi connectivity index (χ4v) is 2.63. The lowest BCUT2D eigenvalue weighted by molar-refractivity contribution is 0.555. The molecule has 0 aliphatic heterocycles. The fourth-order valence-electron chi connectivity index (χ4n) is 1.88. The van der Waals surface area contributed by atoms with Crippen molar-refractivity contribution < 1.29 is 0 Å². The first-order valence-corrected chi connectivity index (χ1v) is 8.05. The molecule has 1 aromatic heterocycles. The average molecular weight is 304 g/mol. The minimum atomic E-state index is -0.00245. The summed E-state index contributed by atoms with van der Waals surface area (Å²) in [6, 6.07) is 8.88. The highest BCUT2D eigenvalue weighted by Crippen LogP contribution is 2.23. The van der Waals surface area contributed by atoms with E-state index in [1.165, 1.54) is 17.1 Å². The smallest absolute Gasteiger partial charge is 0.202 e. The molecule has 2 rings (SSSR count). The van der Waals surface area contributed by atoms with Gasteiger partial charge in [0.2, 0.25) is 5.13 Å². The van der Waals surface area contributed by atoms with Gasteiger partial charge in [-0.2, -0.15) is 4.37 Å². The van der Waals surface area contributed by atoms with Crippen molar-refractivity contribution in [2.45, 2.75) is 52.6 Å². The van der Waals surface area contributed by atoms with Crippen molar-refractivity contribution in [3.05, 3.63) is 35.7 Å². The molecule has 0 unspecified atom stereocenters. The molecule has 1 aromatic carbocycles. The van der Waals surface area contributed by atoms with Crippen LogP contribution in [0.1, 0.15) is 46.0 Å². The van der Waals surface area contributed by atoms with Gasteiger partial charge in [-0.3, -0.25) is 0 Å². The van der Waals surface area contributed by atoms with Gasteiger partial charge < -0.3 is 10.6 Å². The van der Waals surface area contributed by atoms with Crippen LogP contribution in [0, 0.1) is 0 Å². The van der Waals surface area contributed by atoms with E-state index >= 15 is 0 Å². The summed E-state index contributed by atoms with van der Waals surface area (Å²) in [5.74, 6) is 0.894. The Kier molecular flexibility index (Phi) is 4.83. The number of hydrogen-bond donors (Lipinski definition) is 2. The van der Waals surface area contributed by atoms with Gasteiger partial charge in [-0.05, 0) is 31.5 Å². The maximum atomic E-state index is 4.55. The van der Waals surface area contributed by atoms with Crippen LogP contribution in [0.5, 0.6) is 0 Å². The predicted molar refractivity (Wildman–Crippen MR) is 91.1 cm³/mol. The third-order valence-corrected chi connectivity index (χ3v) is 3.60. The van der Waals surface area contributed by atoms with Crippen LogP contribution in [0.25, 0.3) is 0 Å². The molecule has 0 atom stereocenters. The molecule has 5 heteroatoms. The Bertz CT molecular complexity index is 584. The minimum Gasteiger partial charge on any atom is -0.383 e. The number of hydrogen-bond acceptors (Lipinski definition) is 5. The second-order valence-electron chi connectivity index (χ2n) is 6.53. The van der Waals surface area contributed by atoms with Gasteiger partial charge in [-0.25, -0.2) is 4.98 Å². The lowest BCUT2D eigenvalue weighted by Crippen LogP contribution is -2.13. The standard InChI is InChI=1S/C16H24N4S/c1-11(2)18-13-8-6-7-12(9-13)10-17-15-19-14(20-21-15)16(3,4)5/h6-9,11,18H,10H2,1-5H3,(H,17,19,20). The van der Waals surface area contributed by atoms with Crippen molar-refractivity contribution in [2.24, 2.45) is 0 Å². The van der Waals surface area contributed by atoms with Crippen LogP contribution in [0.4, 0.5) is 10.8 Å². The molecule has 4 nitrogen and oxygen atoms in total. The van der Waals surface area contributed by atoms with Crippen LogP contribution in [0.3, 0.4) is 0 Å². The monoisotopic (exact) mass is 304 g/mol. The van der Waals surface area contributed by atoms with E-state index in [4.69, 9.17) is 0 Å². The summed E-state index contributed by atoms with van der Waals surface area (Å²) in [7, 11) is 0. The molecule has 0 spiro atoms. The quantitative estimate of drug-likeness (QED) is 0.866. The van der Waals surface area contributed by atoms with Crippen LogP contribution in [0.2, 0.25) is 0 Å². The van der Waals surface area contributed by atoms with Crippen LogP contribution >= 0.6 is 11.5 Å². The minimum absolute atomic E-state index is 0.00245. The molecule has 0 saturated heterocycles. The summed E-state index contributed by atoms with van der Waals surface area (Å²) in [6.07, 6.45) is 0. The van der Waals surface area contributed by atoms with Gasteiger partial charge >= 0.3 is 0 Å². The Morgan fingerprint density at radius 1 is 1.24 bits per heavy atom. The zero-order chi connectivity index (χ0) is 15.5. The van der Waals surface area contributed by atoms with Crippen LogP contribution < -0.4 is 10.6 Å². The molecular formula is C16H24N4S. The van der Waals surface area contributed by atoms with E-state index in [1.807, 2.05) is 0 Å². The highest BCUT2D eigenvalue weighted by Gasteiger charge is 2.19. The molecule has 0 fully saturated rings. The molecular weight excluding hydrogens is 280 g/mol. The van der Waals surface area contributed by atoms with E-state index in [1.54, 1.807) is 0 Å². The molecule has 0 aliphatic rings. The Labute approximate surface area is 131 Å². The summed E-state index contributed by atoms with van der Waals surface area (Å²) >= 11 is 1.42. The van der Waals surface area contributed by atoms with Gasteiger partial charge in [-0.15, -0.1) is 0 Å². The summed E-state index contributed by atoms with van der Waals surface area (Å²) in [4.78, 5) is 4.55. The number of nitrogens with one attached hydrogen (secondary N) is 2. The molecule has 0 bridgehead atoms. The lowest BCUT2D eigenvalue weighted by atomic mass is 9.96. The summed E-state index contributed by atoms with van der Waals surface area (Å²) in [5.41, 5.74) is 2.38. The zero-order valence-electron chi connectivity index (χ0n) is 13.4. The fraction of sp³-hybridized carbons (Fsp3) is 0.500. The molecule has 0 radical (unpaired) electrons. The van der Waals surface area contributed by atoms with E-state index in [0.717, 1.165) is 23.2 Å². The van der Waals surface area contributed by atoms with Crippen molar-refractivity contribution >= 4 is 22.4 Å². The molecule has 0 saturated carbocycles. The molecule has 21 heavy (non-hydrogen) atoms. The highest BCUT2D eigenvalue weighted by molar-refractivity contribution is 7.09. The Balaban J connectivity index is 1.98. The van der Waals surface area contributed by atoms with E-state index in [2.05, 4.69) is 78.9 Å². The zero-order valence-corrected chi connectivity index (χ0v) is 14.2. The maximum absolute atomic E-state index is 4.55. The first-order valence-electron chi connectivity index (χ1n) is 7.28. The number of nitrogens with zero attached hydrogens (tertiary/aromatic N) is 2. The number of benzene rings is 1. The Morgan fingerprint density at radius 2 is 2.00 bits per heavy atom. The number of rotatable bonds is 5. The summed E-state index contributed by atoms with van der Waals surface area (Å²) in [6.45, 7) is 11.4. The van der Waals surface area contributed by atoms with Crippen LogP contribution in [0.15, 0.2) is 24.3 Å². The molecule has 114 valence electrons. The van der Waals surface area contributed by atoms with Gasteiger partial charge in [0, 0.05) is 35.2 Å². The second-order valence-corrected chi connectivity index (χ2v) is 7.28. The summed E-state index contributed by atoms with van der Waals surface area (Å²) < 4.78 is 4.41. The third kappa shape index (κ3) is 4.70. The van der Waals surface area contributed by atoms with E-state index < -0.39 is 0 Å². The normalized spacial score (nSPS) is 11.7. The number of aromatic nitrogens is 2. The van der Waals surface area contributed by atoms with Crippen molar-refractivity contribution in [2.75, 3.05) is 10.6 Å². The first kappa shape index (κ1) is 15.8. The van der Waals surface area contributed by atoms with Gasteiger partial charge in [0.1, 0.15) is 5.82 Å². The molecule has 1 heterocycles. The van der Waals surface area contributed by atoms with Gasteiger partial charge in [-0.1, -0.05) is 32.9 Å². The SMILES string of the molecule is CC(C)Nc1cccc(CNc2nc(C(C)(C)C)ns2)c1. The van der Waals surface area contributed by atoms with Crippen LogP contribution in [-0.4, -0.2) is 15.4 Å². The van der Waals surface area contributed by atoms with Crippen molar-refractivity contribution in [3.8, 4) is 0 Å². The van der Waals surface area contributed by atoms with Gasteiger partial charge in [0.05, 0.1) is 0 Å². The maximum Gasteiger partial charge on any atom is 0.202 e. The first-order chi connectivity index (χ1) is 9.84. The van der Waals surface area contributed by atoms with E-state index in [9.17, 15) is 0 Å². The van der Waals surface area contributed by atoms with E-state index in [0.29, 0.717) is 6.04 Å². The van der Waals surface area contributed by atoms with Gasteiger partial charge in [0.15, 0.2) is 0 Å². The summed E-state index contributed by atoms with van der Waals surface area (Å²) in [5, 5.41) is 7.64. The second kappa shape index (κ2) is 6.43. The average Bonchev–Trinajstić information content (AvgIpc) is 2.84. The van der Waals surface area contributed by atoms with Crippen molar-refractivity contribution in [3.63, 3.8) is 0 Å². The van der Waals surface area contributed by atoms with Crippen molar-refractivity contribution in [1.29, 1.82) is 0 Å². The number of anilines is 2. The Morgan fingerprint density at radius 3 is 2.62 bits per heavy atom. The van der Waals surface area contributed by atoms with E-state index in [-0.39, 0.29) is 5.41 Å². The largest absolute Gasteiger partial charge is 0.383 e. The van der Waals surface area contributed by atoms with Gasteiger partial charge in [0.25, 0.3) is 0 Å². The molecule has 0 aliphatic carbocycles. The lowest BCUT2D eigenvalue weighted by Gasteiger charge is -2.12. The molecule has 2 N–H and O–H groups in total. The topological polar surface area (TPSA) is 49.8 Å². The molecule has 2 aromatic rings. The Hall–Kier alpha value is -1.62. The highest BCUT2D eigenvalue weighted by atomic mass is 32.1.